The van der Waals surface area contributed by atoms with Gasteiger partial charge in [0.05, 0.1) is 23.6 Å². The third-order valence-corrected chi connectivity index (χ3v) is 7.19. The molecule has 2 aromatic heterocycles. The number of hydrogen-bond donors (Lipinski definition) is 0. The Morgan fingerprint density at radius 1 is 1.32 bits per heavy atom. The van der Waals surface area contributed by atoms with Crippen molar-refractivity contribution in [1.82, 2.24) is 14.3 Å². The standard InChI is InChI=1S/C22H26N4O3S2/c1-14-6-9-24(10-7-14)19-16(20(27)25-8-4-5-15(2)18(25)23-19)13-17-21(28)26(11-12-29-3)22(30)31-17/h4-5,8,13-14H,6-7,9-12H2,1-3H3. The second-order valence-electron chi connectivity index (χ2n) is 8.03. The number of ether oxygens (including phenoxy) is 1. The molecular weight excluding hydrogens is 432 g/mol. The lowest BCUT2D eigenvalue weighted by Gasteiger charge is -2.32. The van der Waals surface area contributed by atoms with Crippen LogP contribution in [0, 0.1) is 12.8 Å². The molecule has 2 aliphatic heterocycles. The van der Waals surface area contributed by atoms with E-state index in [-0.39, 0.29) is 11.5 Å². The summed E-state index contributed by atoms with van der Waals surface area (Å²) in [6, 6.07) is 3.78. The maximum atomic E-state index is 13.5. The highest BCUT2D eigenvalue weighted by Crippen LogP contribution is 2.34. The molecule has 0 radical (unpaired) electrons. The lowest BCUT2D eigenvalue weighted by atomic mass is 9.99. The van der Waals surface area contributed by atoms with Gasteiger partial charge in [0.1, 0.15) is 15.8 Å². The molecule has 0 saturated carbocycles. The molecule has 7 nitrogen and oxygen atoms in total. The maximum absolute atomic E-state index is 13.5. The molecule has 2 fully saturated rings. The van der Waals surface area contributed by atoms with E-state index in [2.05, 4.69) is 11.8 Å². The normalized spacial score (nSPS) is 19.3. The molecule has 0 spiro atoms. The fraction of sp³-hybridized carbons (Fsp3) is 0.455. The van der Waals surface area contributed by atoms with Crippen LogP contribution in [0.1, 0.15) is 30.9 Å². The molecule has 2 saturated heterocycles. The molecule has 4 heterocycles. The second-order valence-corrected chi connectivity index (χ2v) is 9.71. The molecule has 2 aliphatic rings. The lowest BCUT2D eigenvalue weighted by molar-refractivity contribution is -0.122. The minimum Gasteiger partial charge on any atom is -0.383 e. The van der Waals surface area contributed by atoms with Gasteiger partial charge in [-0.25, -0.2) is 4.98 Å². The number of pyridine rings is 1. The Bertz CT molecular complexity index is 1120. The summed E-state index contributed by atoms with van der Waals surface area (Å²) >= 11 is 6.60. The number of carbonyl (C=O) groups excluding carboxylic acids is 1. The Hall–Kier alpha value is -2.23. The van der Waals surface area contributed by atoms with Gasteiger partial charge in [0.25, 0.3) is 11.5 Å². The van der Waals surface area contributed by atoms with Gasteiger partial charge in [-0.05, 0) is 43.4 Å². The highest BCUT2D eigenvalue weighted by atomic mass is 32.2. The number of aryl methyl sites for hydroxylation is 1. The van der Waals surface area contributed by atoms with Crippen molar-refractivity contribution < 1.29 is 9.53 Å². The fourth-order valence-electron chi connectivity index (χ4n) is 3.89. The van der Waals surface area contributed by atoms with Gasteiger partial charge in [0, 0.05) is 26.4 Å². The monoisotopic (exact) mass is 458 g/mol. The highest BCUT2D eigenvalue weighted by Gasteiger charge is 2.33. The van der Waals surface area contributed by atoms with Gasteiger partial charge in [0.2, 0.25) is 0 Å². The number of methoxy groups -OCH3 is 1. The van der Waals surface area contributed by atoms with E-state index in [0.717, 1.165) is 31.5 Å². The van der Waals surface area contributed by atoms with Gasteiger partial charge in [0.15, 0.2) is 0 Å². The van der Waals surface area contributed by atoms with Crippen molar-refractivity contribution in [2.24, 2.45) is 5.92 Å². The highest BCUT2D eigenvalue weighted by molar-refractivity contribution is 8.26. The number of carbonyl (C=O) groups is 1. The maximum Gasteiger partial charge on any atom is 0.267 e. The summed E-state index contributed by atoms with van der Waals surface area (Å²) in [6.07, 6.45) is 5.49. The number of thiocarbonyl (C=S) groups is 1. The molecule has 2 aromatic rings. The summed E-state index contributed by atoms with van der Waals surface area (Å²) in [5.74, 6) is 1.10. The number of rotatable bonds is 5. The van der Waals surface area contributed by atoms with Crippen LogP contribution in [0.2, 0.25) is 0 Å². The van der Waals surface area contributed by atoms with Crippen LogP contribution in [0.5, 0.6) is 0 Å². The Morgan fingerprint density at radius 3 is 2.77 bits per heavy atom. The molecule has 164 valence electrons. The minimum absolute atomic E-state index is 0.176. The van der Waals surface area contributed by atoms with E-state index in [9.17, 15) is 9.59 Å². The molecule has 0 unspecified atom stereocenters. The first-order valence-corrected chi connectivity index (χ1v) is 11.6. The molecular formula is C22H26N4O3S2. The predicted molar refractivity (Wildman–Crippen MR) is 129 cm³/mol. The SMILES string of the molecule is COCCN1C(=O)C(=Cc2c(N3CCC(C)CC3)nc3c(C)cccn3c2=O)SC1=S. The van der Waals surface area contributed by atoms with Crippen LogP contribution in [0.4, 0.5) is 5.82 Å². The van der Waals surface area contributed by atoms with E-state index in [1.807, 2.05) is 19.1 Å². The summed E-state index contributed by atoms with van der Waals surface area (Å²) in [6.45, 7) is 6.66. The van der Waals surface area contributed by atoms with Gasteiger partial charge < -0.3 is 9.64 Å². The Morgan fingerprint density at radius 2 is 2.06 bits per heavy atom. The molecule has 0 aromatic carbocycles. The fourth-order valence-corrected chi connectivity index (χ4v) is 5.18. The van der Waals surface area contributed by atoms with E-state index in [1.54, 1.807) is 23.8 Å². The zero-order valence-electron chi connectivity index (χ0n) is 18.0. The van der Waals surface area contributed by atoms with Gasteiger partial charge in [-0.2, -0.15) is 0 Å². The molecule has 4 rings (SSSR count). The lowest BCUT2D eigenvalue weighted by Crippen LogP contribution is -2.36. The van der Waals surface area contributed by atoms with E-state index >= 15 is 0 Å². The zero-order chi connectivity index (χ0) is 22.1. The summed E-state index contributed by atoms with van der Waals surface area (Å²) in [4.78, 5) is 35.5. The van der Waals surface area contributed by atoms with Gasteiger partial charge in [-0.1, -0.05) is 37.0 Å². The number of anilines is 1. The van der Waals surface area contributed by atoms with Crippen LogP contribution in [-0.2, 0) is 9.53 Å². The van der Waals surface area contributed by atoms with Crippen molar-refractivity contribution in [3.05, 3.63) is 44.7 Å². The van der Waals surface area contributed by atoms with Crippen molar-refractivity contribution >= 4 is 51.7 Å². The van der Waals surface area contributed by atoms with Crippen molar-refractivity contribution in [1.29, 1.82) is 0 Å². The Balaban J connectivity index is 1.83. The van der Waals surface area contributed by atoms with E-state index in [1.165, 1.54) is 16.7 Å². The molecule has 0 aliphatic carbocycles. The van der Waals surface area contributed by atoms with Gasteiger partial charge in [-0.15, -0.1) is 0 Å². The predicted octanol–water partition coefficient (Wildman–Crippen LogP) is 3.09. The van der Waals surface area contributed by atoms with Crippen LogP contribution in [-0.4, -0.2) is 57.9 Å². The minimum atomic E-state index is -0.195. The van der Waals surface area contributed by atoms with Crippen molar-refractivity contribution in [2.45, 2.75) is 26.7 Å². The summed E-state index contributed by atoms with van der Waals surface area (Å²) < 4.78 is 7.12. The quantitative estimate of drug-likeness (QED) is 0.504. The van der Waals surface area contributed by atoms with Gasteiger partial charge in [-0.3, -0.25) is 18.9 Å². The number of amides is 1. The third-order valence-electron chi connectivity index (χ3n) is 5.82. The number of fused-ring (bicyclic) bond motifs is 1. The zero-order valence-corrected chi connectivity index (χ0v) is 19.6. The first-order valence-electron chi connectivity index (χ1n) is 10.4. The number of thioether (sulfide) groups is 1. The number of hydrogen-bond acceptors (Lipinski definition) is 7. The van der Waals surface area contributed by atoms with Crippen LogP contribution in [0.15, 0.2) is 28.0 Å². The first-order chi connectivity index (χ1) is 14.9. The average molecular weight is 459 g/mol. The average Bonchev–Trinajstić information content (AvgIpc) is 3.02. The topological polar surface area (TPSA) is 67.2 Å². The Labute approximate surface area is 191 Å². The van der Waals surface area contributed by atoms with Crippen LogP contribution in [0.3, 0.4) is 0 Å². The first kappa shape index (κ1) is 22.0. The number of aromatic nitrogens is 2. The smallest absolute Gasteiger partial charge is 0.267 e. The largest absolute Gasteiger partial charge is 0.383 e. The molecule has 0 N–H and O–H groups in total. The molecule has 31 heavy (non-hydrogen) atoms. The van der Waals surface area contributed by atoms with Crippen LogP contribution < -0.4 is 10.5 Å². The summed E-state index contributed by atoms with van der Waals surface area (Å²) in [5, 5.41) is 0. The Kier molecular flexibility index (Phi) is 6.45. The van der Waals surface area contributed by atoms with Crippen LogP contribution in [0.25, 0.3) is 11.7 Å². The second kappa shape index (κ2) is 9.10. The molecule has 1 amide bonds. The van der Waals surface area contributed by atoms with Crippen LogP contribution >= 0.6 is 24.0 Å². The van der Waals surface area contributed by atoms with E-state index in [4.69, 9.17) is 21.9 Å². The molecule has 0 bridgehead atoms. The van der Waals surface area contributed by atoms with E-state index in [0.29, 0.717) is 45.3 Å². The number of nitrogens with zero attached hydrogens (tertiary/aromatic N) is 4. The van der Waals surface area contributed by atoms with Crippen molar-refractivity contribution in [2.75, 3.05) is 38.3 Å². The molecule has 0 atom stereocenters. The van der Waals surface area contributed by atoms with Crippen molar-refractivity contribution in [3.63, 3.8) is 0 Å². The van der Waals surface area contributed by atoms with Crippen molar-refractivity contribution in [3.8, 4) is 0 Å². The summed E-state index contributed by atoms with van der Waals surface area (Å²) in [5.41, 5.74) is 1.84. The van der Waals surface area contributed by atoms with E-state index < -0.39 is 0 Å². The third kappa shape index (κ3) is 4.26. The van der Waals surface area contributed by atoms with Gasteiger partial charge >= 0.3 is 0 Å². The summed E-state index contributed by atoms with van der Waals surface area (Å²) in [7, 11) is 1.59. The molecule has 9 heteroatoms. The number of piperidine rings is 1.